The maximum Gasteiger partial charge on any atom is 0.387 e. The second kappa shape index (κ2) is 8.81. The molecule has 4 rings (SSSR count). The summed E-state index contributed by atoms with van der Waals surface area (Å²) in [4.78, 5) is 17.1. The van der Waals surface area contributed by atoms with E-state index in [0.717, 1.165) is 18.4 Å². The zero-order valence-corrected chi connectivity index (χ0v) is 18.9. The fourth-order valence-corrected chi connectivity index (χ4v) is 3.65. The van der Waals surface area contributed by atoms with Gasteiger partial charge >= 0.3 is 6.61 Å². The van der Waals surface area contributed by atoms with Crippen molar-refractivity contribution < 1.29 is 28.3 Å². The number of nitrogens with zero attached hydrogens (tertiary/aromatic N) is 3. The third-order valence-electron chi connectivity index (χ3n) is 5.92. The van der Waals surface area contributed by atoms with Crippen molar-refractivity contribution in [3.63, 3.8) is 0 Å². The Balaban J connectivity index is 1.80. The number of nitrogens with two attached hydrogens (primary N) is 1. The number of hydrogen-bond donors (Lipinski definition) is 3. The molecule has 0 unspecified atom stereocenters. The highest BCUT2D eigenvalue weighted by Crippen LogP contribution is 2.37. The molecule has 1 aromatic carbocycles. The number of carbonyl (C=O) groups excluding carboxylic acids is 1. The number of carbonyl (C=O) groups is 1. The number of hydrogen-bond acceptors (Lipinski definition) is 6. The Hall–Kier alpha value is -3.89. The molecule has 2 aromatic heterocycles. The Kier molecular flexibility index (Phi) is 6.03. The fraction of sp³-hybridized carbons (Fsp3) is 0.348. The summed E-state index contributed by atoms with van der Waals surface area (Å²) in [6.45, 7) is 0.488. The predicted octanol–water partition coefficient (Wildman–Crippen LogP) is 3.53. The Morgan fingerprint density at radius 3 is 2.65 bits per heavy atom. The first-order chi connectivity index (χ1) is 16.1. The first-order valence-electron chi connectivity index (χ1n) is 10.6. The van der Waals surface area contributed by atoms with E-state index in [2.05, 4.69) is 15.5 Å². The van der Waals surface area contributed by atoms with E-state index in [0.29, 0.717) is 16.9 Å². The number of fused-ring (bicyclic) bond motifs is 1. The van der Waals surface area contributed by atoms with E-state index in [9.17, 15) is 13.6 Å². The third-order valence-corrected chi connectivity index (χ3v) is 5.92. The zero-order chi connectivity index (χ0) is 24.6. The summed E-state index contributed by atoms with van der Waals surface area (Å²) in [5, 5.41) is 15.0. The molecule has 0 spiro atoms. The van der Waals surface area contributed by atoms with Gasteiger partial charge in [0.1, 0.15) is 28.5 Å². The molecule has 3 aromatic rings. The smallest absolute Gasteiger partial charge is 0.387 e. The number of amides is 1. The molecule has 1 aliphatic rings. The van der Waals surface area contributed by atoms with Crippen molar-refractivity contribution in [3.05, 3.63) is 47.8 Å². The van der Waals surface area contributed by atoms with Gasteiger partial charge in [0, 0.05) is 17.8 Å². The van der Waals surface area contributed by atoms with Crippen molar-refractivity contribution >= 4 is 17.4 Å². The van der Waals surface area contributed by atoms with Crippen LogP contribution in [0.15, 0.2) is 41.8 Å². The number of oxime groups is 1. The van der Waals surface area contributed by atoms with Crippen LogP contribution in [0.1, 0.15) is 42.6 Å². The SMILES string of the molecule is COc1cc(-c2cnc3cc(C(C)(C)/C(N)=N\O)ccn23)cc(OC(F)F)c1C(=O)NC1CC1. The van der Waals surface area contributed by atoms with Gasteiger partial charge in [-0.2, -0.15) is 8.78 Å². The van der Waals surface area contributed by atoms with Gasteiger partial charge in [-0.15, -0.1) is 0 Å². The topological polar surface area (TPSA) is 123 Å². The number of amidine groups is 1. The molecule has 1 amide bonds. The molecule has 0 aliphatic heterocycles. The number of aromatic nitrogens is 2. The van der Waals surface area contributed by atoms with E-state index >= 15 is 0 Å². The second-order valence-electron chi connectivity index (χ2n) is 8.58. The minimum Gasteiger partial charge on any atom is -0.496 e. The van der Waals surface area contributed by atoms with E-state index in [1.54, 1.807) is 35.0 Å². The molecule has 0 atom stereocenters. The van der Waals surface area contributed by atoms with Crippen LogP contribution in [-0.4, -0.2) is 46.1 Å². The number of rotatable bonds is 8. The van der Waals surface area contributed by atoms with Crippen molar-refractivity contribution in [3.8, 4) is 22.8 Å². The van der Waals surface area contributed by atoms with Crippen LogP contribution in [0.4, 0.5) is 8.78 Å². The lowest BCUT2D eigenvalue weighted by Gasteiger charge is -2.23. The van der Waals surface area contributed by atoms with Crippen molar-refractivity contribution in [2.24, 2.45) is 10.9 Å². The van der Waals surface area contributed by atoms with Crippen LogP contribution in [-0.2, 0) is 5.41 Å². The summed E-state index contributed by atoms with van der Waals surface area (Å²) in [5.41, 5.74) is 7.34. The predicted molar refractivity (Wildman–Crippen MR) is 121 cm³/mol. The van der Waals surface area contributed by atoms with Crippen LogP contribution >= 0.6 is 0 Å². The molecule has 2 heterocycles. The van der Waals surface area contributed by atoms with Crippen molar-refractivity contribution in [1.82, 2.24) is 14.7 Å². The molecular formula is C23H25F2N5O4. The average Bonchev–Trinajstić information content (AvgIpc) is 3.51. The maximum atomic E-state index is 13.2. The molecule has 1 aliphatic carbocycles. The molecule has 0 saturated heterocycles. The summed E-state index contributed by atoms with van der Waals surface area (Å²) in [7, 11) is 1.36. The van der Waals surface area contributed by atoms with Crippen LogP contribution in [0.5, 0.6) is 11.5 Å². The Morgan fingerprint density at radius 2 is 2.03 bits per heavy atom. The Bertz CT molecular complexity index is 1270. The fourth-order valence-electron chi connectivity index (χ4n) is 3.65. The maximum absolute atomic E-state index is 13.2. The van der Waals surface area contributed by atoms with Gasteiger partial charge in [0.2, 0.25) is 0 Å². The molecule has 34 heavy (non-hydrogen) atoms. The normalized spacial score (nSPS) is 14.5. The number of halogens is 2. The highest BCUT2D eigenvalue weighted by atomic mass is 19.3. The first kappa shape index (κ1) is 23.3. The molecular weight excluding hydrogens is 448 g/mol. The largest absolute Gasteiger partial charge is 0.496 e. The highest BCUT2D eigenvalue weighted by molar-refractivity contribution is 6.01. The quantitative estimate of drug-likeness (QED) is 0.199. The van der Waals surface area contributed by atoms with Gasteiger partial charge in [-0.3, -0.25) is 9.20 Å². The van der Waals surface area contributed by atoms with E-state index < -0.39 is 17.9 Å². The molecule has 4 N–H and O–H groups in total. The van der Waals surface area contributed by atoms with Crippen LogP contribution < -0.4 is 20.5 Å². The van der Waals surface area contributed by atoms with Crippen LogP contribution in [0.2, 0.25) is 0 Å². The van der Waals surface area contributed by atoms with E-state index in [-0.39, 0.29) is 28.9 Å². The van der Waals surface area contributed by atoms with Crippen LogP contribution in [0.25, 0.3) is 16.9 Å². The highest BCUT2D eigenvalue weighted by Gasteiger charge is 2.30. The summed E-state index contributed by atoms with van der Waals surface area (Å²) < 4.78 is 38.2. The molecule has 180 valence electrons. The summed E-state index contributed by atoms with van der Waals surface area (Å²) in [6, 6.07) is 6.55. The number of pyridine rings is 1. The van der Waals surface area contributed by atoms with Gasteiger partial charge in [0.25, 0.3) is 5.91 Å². The van der Waals surface area contributed by atoms with Gasteiger partial charge < -0.3 is 25.7 Å². The van der Waals surface area contributed by atoms with Gasteiger partial charge in [-0.25, -0.2) is 4.98 Å². The summed E-state index contributed by atoms with van der Waals surface area (Å²) in [6.07, 6.45) is 4.99. The summed E-state index contributed by atoms with van der Waals surface area (Å²) >= 11 is 0. The number of alkyl halides is 2. The van der Waals surface area contributed by atoms with Gasteiger partial charge in [0.05, 0.1) is 24.4 Å². The standard InChI is InChI=1S/C23H25F2N5O4/c1-23(2,21(26)29-32)13-6-7-30-15(11-27-18(30)10-13)12-8-16(33-3)19(17(9-12)34-22(24)25)20(31)28-14-4-5-14/h6-11,14,22,32H,4-5H2,1-3H3,(H2,26,29)(H,28,31). The molecule has 1 fully saturated rings. The molecule has 9 nitrogen and oxygen atoms in total. The number of nitrogens with one attached hydrogen (secondary N) is 1. The molecule has 11 heteroatoms. The summed E-state index contributed by atoms with van der Waals surface area (Å²) in [5.74, 6) is -0.676. The molecule has 0 bridgehead atoms. The molecule has 1 saturated carbocycles. The lowest BCUT2D eigenvalue weighted by molar-refractivity contribution is -0.0502. The zero-order valence-electron chi connectivity index (χ0n) is 18.9. The minimum atomic E-state index is -3.13. The monoisotopic (exact) mass is 473 g/mol. The first-order valence-corrected chi connectivity index (χ1v) is 10.6. The van der Waals surface area contributed by atoms with Crippen molar-refractivity contribution in [1.29, 1.82) is 0 Å². The van der Waals surface area contributed by atoms with Crippen molar-refractivity contribution in [2.45, 2.75) is 44.8 Å². The molecule has 0 radical (unpaired) electrons. The van der Waals surface area contributed by atoms with Gasteiger partial charge in [-0.05, 0) is 56.5 Å². The van der Waals surface area contributed by atoms with Crippen molar-refractivity contribution in [2.75, 3.05) is 7.11 Å². The lowest BCUT2D eigenvalue weighted by atomic mass is 9.84. The lowest BCUT2D eigenvalue weighted by Crippen LogP contribution is -2.35. The average molecular weight is 473 g/mol. The second-order valence-corrected chi connectivity index (χ2v) is 8.58. The van der Waals surface area contributed by atoms with Gasteiger partial charge in [-0.1, -0.05) is 5.16 Å². The Morgan fingerprint density at radius 1 is 1.32 bits per heavy atom. The number of ether oxygens (including phenoxy) is 2. The number of benzene rings is 1. The van der Waals surface area contributed by atoms with E-state index in [1.165, 1.54) is 13.2 Å². The van der Waals surface area contributed by atoms with E-state index in [4.69, 9.17) is 20.4 Å². The van der Waals surface area contributed by atoms with Crippen LogP contribution in [0.3, 0.4) is 0 Å². The number of imidazole rings is 1. The minimum absolute atomic E-state index is 0.0263. The third kappa shape index (κ3) is 4.33. The Labute approximate surface area is 194 Å². The van der Waals surface area contributed by atoms with Crippen LogP contribution in [0, 0.1) is 0 Å². The number of methoxy groups -OCH3 is 1. The van der Waals surface area contributed by atoms with Gasteiger partial charge in [0.15, 0.2) is 0 Å². The van der Waals surface area contributed by atoms with E-state index in [1.807, 2.05) is 13.8 Å².